The number of aryl methyl sites for hydroxylation is 1. The molecular formula is C26H28N2O5. The Balaban J connectivity index is 1.16. The van der Waals surface area contributed by atoms with Gasteiger partial charge in [-0.25, -0.2) is 0 Å². The van der Waals surface area contributed by atoms with Crippen LogP contribution in [0.5, 0.6) is 0 Å². The third-order valence-electron chi connectivity index (χ3n) is 6.39. The molecule has 0 bridgehead atoms. The van der Waals surface area contributed by atoms with Crippen LogP contribution in [0.2, 0.25) is 0 Å². The minimum Gasteiger partial charge on any atom is -0.465 e. The maximum Gasteiger partial charge on any atom is 0.309 e. The van der Waals surface area contributed by atoms with Crippen molar-refractivity contribution in [2.24, 2.45) is 5.92 Å². The second kappa shape index (κ2) is 9.98. The van der Waals surface area contributed by atoms with Gasteiger partial charge in [-0.05, 0) is 56.4 Å². The summed E-state index contributed by atoms with van der Waals surface area (Å²) in [5, 5.41) is 0. The number of likely N-dealkylation sites (tertiary alicyclic amines) is 1. The number of hydrogen-bond acceptors (Lipinski definition) is 5. The lowest BCUT2D eigenvalue weighted by Crippen LogP contribution is -2.41. The van der Waals surface area contributed by atoms with Crippen LogP contribution in [0.1, 0.15) is 62.3 Å². The van der Waals surface area contributed by atoms with Gasteiger partial charge in [0.25, 0.3) is 17.7 Å². The lowest BCUT2D eigenvalue weighted by molar-refractivity contribution is -0.150. The Kier molecular flexibility index (Phi) is 6.87. The van der Waals surface area contributed by atoms with Crippen molar-refractivity contribution in [3.63, 3.8) is 0 Å². The van der Waals surface area contributed by atoms with Crippen LogP contribution in [0, 0.1) is 12.8 Å². The van der Waals surface area contributed by atoms with Gasteiger partial charge in [0.15, 0.2) is 0 Å². The molecule has 0 radical (unpaired) electrons. The highest BCUT2D eigenvalue weighted by molar-refractivity contribution is 6.21. The van der Waals surface area contributed by atoms with E-state index < -0.39 is 0 Å². The van der Waals surface area contributed by atoms with Gasteiger partial charge >= 0.3 is 5.97 Å². The van der Waals surface area contributed by atoms with Crippen LogP contribution in [-0.2, 0) is 9.53 Å². The summed E-state index contributed by atoms with van der Waals surface area (Å²) in [6, 6.07) is 14.3. The Bertz CT molecular complexity index is 1040. The molecule has 2 aliphatic heterocycles. The van der Waals surface area contributed by atoms with Gasteiger partial charge in [0.1, 0.15) is 0 Å². The molecule has 0 spiro atoms. The molecule has 3 amide bonds. The summed E-state index contributed by atoms with van der Waals surface area (Å²) in [6.45, 7) is 3.55. The van der Waals surface area contributed by atoms with Crippen LogP contribution in [-0.4, -0.2) is 59.7 Å². The Morgan fingerprint density at radius 3 is 2.15 bits per heavy atom. The summed E-state index contributed by atoms with van der Waals surface area (Å²) in [5.41, 5.74) is 2.55. The number of hydrogen-bond donors (Lipinski definition) is 0. The van der Waals surface area contributed by atoms with Crippen molar-refractivity contribution in [2.45, 2.75) is 32.6 Å². The molecule has 0 unspecified atom stereocenters. The van der Waals surface area contributed by atoms with Gasteiger partial charge in [-0.15, -0.1) is 0 Å². The first kappa shape index (κ1) is 22.7. The third kappa shape index (κ3) is 4.82. The Morgan fingerprint density at radius 2 is 1.52 bits per heavy atom. The summed E-state index contributed by atoms with van der Waals surface area (Å²) in [5.74, 6) is -0.965. The topological polar surface area (TPSA) is 84.0 Å². The SMILES string of the molecule is Cc1ccccc1C(=O)N1CCC(C(=O)OCCCCN2C(=O)c3ccccc3C2=O)CC1. The van der Waals surface area contributed by atoms with E-state index in [1.807, 2.05) is 31.2 Å². The second-order valence-corrected chi connectivity index (χ2v) is 8.56. The number of benzene rings is 2. The molecule has 7 heteroatoms. The first-order chi connectivity index (χ1) is 16.0. The van der Waals surface area contributed by atoms with Crippen molar-refractivity contribution >= 4 is 23.7 Å². The highest BCUT2D eigenvalue weighted by Crippen LogP contribution is 2.23. The molecular weight excluding hydrogens is 420 g/mol. The Hall–Kier alpha value is -3.48. The van der Waals surface area contributed by atoms with Gasteiger partial charge < -0.3 is 9.64 Å². The number of imide groups is 1. The summed E-state index contributed by atoms with van der Waals surface area (Å²) in [4.78, 5) is 52.9. The molecule has 2 heterocycles. The van der Waals surface area contributed by atoms with Crippen LogP contribution in [0.4, 0.5) is 0 Å². The summed E-state index contributed by atoms with van der Waals surface area (Å²) in [7, 11) is 0. The molecule has 7 nitrogen and oxygen atoms in total. The van der Waals surface area contributed by atoms with E-state index in [9.17, 15) is 19.2 Å². The fourth-order valence-electron chi connectivity index (χ4n) is 4.41. The number of carbonyl (C=O) groups is 4. The molecule has 0 saturated carbocycles. The highest BCUT2D eigenvalue weighted by atomic mass is 16.5. The number of ether oxygens (including phenoxy) is 1. The predicted molar refractivity (Wildman–Crippen MR) is 122 cm³/mol. The van der Waals surface area contributed by atoms with E-state index in [1.54, 1.807) is 29.2 Å². The molecule has 0 atom stereocenters. The average Bonchev–Trinajstić information content (AvgIpc) is 3.08. The monoisotopic (exact) mass is 448 g/mol. The number of fused-ring (bicyclic) bond motifs is 1. The zero-order valence-electron chi connectivity index (χ0n) is 18.8. The Morgan fingerprint density at radius 1 is 0.909 bits per heavy atom. The minimum atomic E-state index is -0.264. The lowest BCUT2D eigenvalue weighted by Gasteiger charge is -2.31. The molecule has 0 N–H and O–H groups in total. The molecule has 1 saturated heterocycles. The highest BCUT2D eigenvalue weighted by Gasteiger charge is 2.34. The van der Waals surface area contributed by atoms with Gasteiger partial charge in [-0.3, -0.25) is 24.1 Å². The number of carbonyl (C=O) groups excluding carboxylic acids is 4. The van der Waals surface area contributed by atoms with Crippen LogP contribution in [0.3, 0.4) is 0 Å². The molecule has 4 rings (SSSR count). The van der Waals surface area contributed by atoms with Gasteiger partial charge in [-0.1, -0.05) is 30.3 Å². The molecule has 2 aromatic carbocycles. The number of piperidine rings is 1. The summed E-state index contributed by atoms with van der Waals surface area (Å²) < 4.78 is 5.43. The first-order valence-electron chi connectivity index (χ1n) is 11.4. The fraction of sp³-hybridized carbons (Fsp3) is 0.385. The van der Waals surface area contributed by atoms with E-state index >= 15 is 0 Å². The number of nitrogens with zero attached hydrogens (tertiary/aromatic N) is 2. The van der Waals surface area contributed by atoms with E-state index in [1.165, 1.54) is 4.90 Å². The van der Waals surface area contributed by atoms with E-state index in [2.05, 4.69) is 0 Å². The van der Waals surface area contributed by atoms with Crippen molar-refractivity contribution < 1.29 is 23.9 Å². The molecule has 0 aliphatic carbocycles. The number of rotatable bonds is 7. The normalized spacial score (nSPS) is 16.2. The largest absolute Gasteiger partial charge is 0.465 e. The predicted octanol–water partition coefficient (Wildman–Crippen LogP) is 3.47. The summed E-state index contributed by atoms with van der Waals surface area (Å²) >= 11 is 0. The molecule has 0 aromatic heterocycles. The smallest absolute Gasteiger partial charge is 0.309 e. The molecule has 2 aromatic rings. The number of unbranched alkanes of at least 4 members (excludes halogenated alkanes) is 1. The fourth-order valence-corrected chi connectivity index (χ4v) is 4.41. The maximum atomic E-state index is 12.7. The van der Waals surface area contributed by atoms with Gasteiger partial charge in [0.2, 0.25) is 0 Å². The van der Waals surface area contributed by atoms with Crippen molar-refractivity contribution in [3.05, 3.63) is 70.8 Å². The summed E-state index contributed by atoms with van der Waals surface area (Å²) in [6.07, 6.45) is 2.32. The van der Waals surface area contributed by atoms with E-state index in [0.29, 0.717) is 62.0 Å². The average molecular weight is 449 g/mol. The number of amides is 3. The van der Waals surface area contributed by atoms with Crippen molar-refractivity contribution in [2.75, 3.05) is 26.2 Å². The van der Waals surface area contributed by atoms with Gasteiger partial charge in [0, 0.05) is 25.2 Å². The second-order valence-electron chi connectivity index (χ2n) is 8.56. The third-order valence-corrected chi connectivity index (χ3v) is 6.39. The van der Waals surface area contributed by atoms with Crippen molar-refractivity contribution in [3.8, 4) is 0 Å². The van der Waals surface area contributed by atoms with Gasteiger partial charge in [0.05, 0.1) is 23.7 Å². The van der Waals surface area contributed by atoms with Gasteiger partial charge in [-0.2, -0.15) is 0 Å². The molecule has 2 aliphatic rings. The lowest BCUT2D eigenvalue weighted by atomic mass is 9.96. The van der Waals surface area contributed by atoms with Crippen molar-refractivity contribution in [1.29, 1.82) is 0 Å². The van der Waals surface area contributed by atoms with Crippen LogP contribution in [0.25, 0.3) is 0 Å². The minimum absolute atomic E-state index is 0.00748. The van der Waals surface area contributed by atoms with E-state index in [-0.39, 0.29) is 36.2 Å². The first-order valence-corrected chi connectivity index (χ1v) is 11.4. The zero-order chi connectivity index (χ0) is 23.4. The molecule has 33 heavy (non-hydrogen) atoms. The quantitative estimate of drug-likeness (QED) is 0.368. The zero-order valence-corrected chi connectivity index (χ0v) is 18.8. The van der Waals surface area contributed by atoms with E-state index in [0.717, 1.165) is 5.56 Å². The van der Waals surface area contributed by atoms with Crippen LogP contribution in [0.15, 0.2) is 48.5 Å². The van der Waals surface area contributed by atoms with Crippen molar-refractivity contribution in [1.82, 2.24) is 9.80 Å². The van der Waals surface area contributed by atoms with Crippen LogP contribution < -0.4 is 0 Å². The van der Waals surface area contributed by atoms with E-state index in [4.69, 9.17) is 4.74 Å². The van der Waals surface area contributed by atoms with Crippen LogP contribution >= 0.6 is 0 Å². The standard InChI is InChI=1S/C26H28N2O5/c1-18-8-2-3-9-20(18)23(29)27-15-12-19(13-16-27)26(32)33-17-7-6-14-28-24(30)21-10-4-5-11-22(21)25(28)31/h2-5,8-11,19H,6-7,12-17H2,1H3. The maximum absolute atomic E-state index is 12.7. The number of esters is 1. The molecule has 172 valence electrons. The molecule has 1 fully saturated rings. The Labute approximate surface area is 193 Å².